The number of aryl methyl sites for hydroxylation is 6. The van der Waals surface area contributed by atoms with Crippen molar-refractivity contribution in [2.24, 2.45) is 35.0 Å². The lowest BCUT2D eigenvalue weighted by Crippen LogP contribution is -2.41. The number of carbonyl (C=O) groups excluding carboxylic acids is 3. The van der Waals surface area contributed by atoms with Crippen LogP contribution in [0.15, 0.2) is 243 Å². The molecule has 0 fully saturated rings. The van der Waals surface area contributed by atoms with Gasteiger partial charge in [-0.25, -0.2) is 14.4 Å². The van der Waals surface area contributed by atoms with Gasteiger partial charge in [0.25, 0.3) is 0 Å². The molecule has 3 amide bonds. The zero-order valence-corrected chi connectivity index (χ0v) is 64.7. The van der Waals surface area contributed by atoms with Crippen LogP contribution in [0.25, 0.3) is 0 Å². The maximum Gasteiger partial charge on any atom is 0.407 e. The fourth-order valence-corrected chi connectivity index (χ4v) is 11.8. The van der Waals surface area contributed by atoms with Gasteiger partial charge < -0.3 is 63.3 Å². The third kappa shape index (κ3) is 44.3. The van der Waals surface area contributed by atoms with Crippen LogP contribution >= 0.6 is 0 Å². The van der Waals surface area contributed by atoms with E-state index in [-0.39, 0.29) is 24.3 Å². The van der Waals surface area contributed by atoms with Gasteiger partial charge in [-0.1, -0.05) is 263 Å². The highest BCUT2D eigenvalue weighted by atomic mass is 16.6. The highest BCUT2D eigenvalue weighted by Crippen LogP contribution is 2.17. The van der Waals surface area contributed by atoms with Crippen molar-refractivity contribution in [2.45, 2.75) is 187 Å². The van der Waals surface area contributed by atoms with E-state index in [1.807, 2.05) is 81.4 Å². The molecular weight excluding hydrogens is 1320 g/mol. The Balaban J connectivity index is 0.000000261. The molecule has 0 saturated heterocycles. The van der Waals surface area contributed by atoms with Crippen molar-refractivity contribution in [3.8, 4) is 0 Å². The molecule has 0 aromatic heterocycles. The van der Waals surface area contributed by atoms with Crippen molar-refractivity contribution < 1.29 is 28.6 Å². The summed E-state index contributed by atoms with van der Waals surface area (Å²) in [7, 11) is 0. The van der Waals surface area contributed by atoms with Gasteiger partial charge in [-0.3, -0.25) is 0 Å². The van der Waals surface area contributed by atoms with Gasteiger partial charge in [-0.15, -0.1) is 0 Å². The Bertz CT molecular complexity index is 3300. The molecule has 0 saturated carbocycles. The number of nitrogens with two attached hydrogens (primary N) is 3. The second-order valence-corrected chi connectivity index (χ2v) is 29.1. The van der Waals surface area contributed by atoms with E-state index in [0.717, 1.165) is 133 Å². The Morgan fingerprint density at radius 3 is 0.830 bits per heavy atom. The molecule has 0 bridgehead atoms. The first-order chi connectivity index (χ1) is 51.5. The summed E-state index contributed by atoms with van der Waals surface area (Å²) in [4.78, 5) is 35.1. The minimum atomic E-state index is -0.456. The first-order valence-electron chi connectivity index (χ1n) is 39.0. The van der Waals surface area contributed by atoms with Crippen LogP contribution in [0.5, 0.6) is 0 Å². The molecule has 0 aliphatic heterocycles. The van der Waals surface area contributed by atoms with Crippen LogP contribution in [-0.2, 0) is 65.9 Å². The average Bonchev–Trinajstić information content (AvgIpc) is 1.00. The fraction of sp³-hybridized carbons (Fsp3) is 0.440. The summed E-state index contributed by atoms with van der Waals surface area (Å²) in [6.45, 7) is 18.6. The maximum absolute atomic E-state index is 12.0. The summed E-state index contributed by atoms with van der Waals surface area (Å²) in [6, 6.07) is 85.1. The Kier molecular flexibility index (Phi) is 45.5. The highest BCUT2D eigenvalue weighted by Gasteiger charge is 2.18. The summed E-state index contributed by atoms with van der Waals surface area (Å²) >= 11 is 0. The van der Waals surface area contributed by atoms with Crippen LogP contribution in [-0.4, -0.2) is 100 Å². The molecule has 574 valence electrons. The molecular formula is C91H129N9O6. The summed E-state index contributed by atoms with van der Waals surface area (Å²) in [5, 5.41) is 19.7. The van der Waals surface area contributed by atoms with Crippen LogP contribution in [0.1, 0.15) is 150 Å². The predicted molar refractivity (Wildman–Crippen MR) is 439 cm³/mol. The summed E-state index contributed by atoms with van der Waals surface area (Å²) in [6.07, 6.45) is 15.8. The van der Waals surface area contributed by atoms with Gasteiger partial charge in [0.1, 0.15) is 18.8 Å². The smallest absolute Gasteiger partial charge is 0.407 e. The Morgan fingerprint density at radius 2 is 0.575 bits per heavy atom. The monoisotopic (exact) mass is 1440 g/mol. The number of nitrogens with one attached hydrogen (secondary N) is 6. The van der Waals surface area contributed by atoms with Gasteiger partial charge in [0.2, 0.25) is 0 Å². The summed E-state index contributed by atoms with van der Waals surface area (Å²) < 4.78 is 15.7. The SMILES string of the molecule is C[C@@H](CCNC(=O)OC(C)(C)C)CNC(CCc1ccccc1)CCc1ccccc1.C[C@@H](CCNC(=O)OCc1ccccc1)CNC(CCc1ccccc1)CCc1ccccc1.C[C@H](CN)CCNC(=O)OCc1ccccc1.NCC[C@H](N)CNC(CCc1ccccc1)CCc1ccccc1. The first kappa shape index (κ1) is 88.0. The number of rotatable bonds is 43. The lowest BCUT2D eigenvalue weighted by Gasteiger charge is -2.22. The quantitative estimate of drug-likeness (QED) is 0.0163. The Labute approximate surface area is 637 Å². The standard InChI is InChI=1S/C30H38N2O2.C27H40N2O2.C21H31N3.C13H20N2O2/c1-25(21-22-31-30(33)34-24-28-15-9-4-10-16-28)23-32-29(19-17-26-11-5-2-6-12-26)20-18-27-13-7-3-8-14-27;1-22(19-20-28-26(30)31-27(2,3)4)21-29-25(17-15-23-11-7-5-8-12-23)18-16-24-13-9-6-10-14-24;22-16-15-20(23)17-24-21(13-11-18-7-3-1-4-8-18)14-12-19-9-5-2-6-10-19;1-11(9-14)7-8-15-13(16)17-10-12-5-3-2-4-6-12/h2-16,25,29,32H,17-24H2,1H3,(H,31,33);5-14,22,25,29H,15-21H2,1-4H3,(H,28,30);1-10,20-21,24H,11-17,22-23H2;2-6,11H,7-10,14H2,1H3,(H,15,16)/t25-;22-;20-;11-/m0000/s1. The molecule has 15 heteroatoms. The molecule has 106 heavy (non-hydrogen) atoms. The minimum Gasteiger partial charge on any atom is -0.445 e. The van der Waals surface area contributed by atoms with Crippen LogP contribution in [0.3, 0.4) is 0 Å². The molecule has 15 nitrogen and oxygen atoms in total. The molecule has 4 atom stereocenters. The molecule has 0 heterocycles. The molecule has 8 aromatic rings. The van der Waals surface area contributed by atoms with Crippen molar-refractivity contribution in [2.75, 3.05) is 52.4 Å². The van der Waals surface area contributed by atoms with Gasteiger partial charge in [0, 0.05) is 50.3 Å². The molecule has 0 aliphatic carbocycles. The van der Waals surface area contributed by atoms with E-state index in [1.54, 1.807) is 0 Å². The highest BCUT2D eigenvalue weighted by molar-refractivity contribution is 5.68. The van der Waals surface area contributed by atoms with E-state index in [4.69, 9.17) is 31.4 Å². The molecule has 12 N–H and O–H groups in total. The van der Waals surface area contributed by atoms with E-state index in [1.165, 1.54) is 33.4 Å². The number of ether oxygens (including phenoxy) is 3. The van der Waals surface area contributed by atoms with Gasteiger partial charge >= 0.3 is 18.3 Å². The molecule has 0 unspecified atom stereocenters. The Hall–Kier alpha value is -8.67. The molecule has 0 aliphatic rings. The summed E-state index contributed by atoms with van der Waals surface area (Å²) in [5.74, 6) is 1.36. The maximum atomic E-state index is 12.0. The van der Waals surface area contributed by atoms with Crippen molar-refractivity contribution in [1.29, 1.82) is 0 Å². The fourth-order valence-electron chi connectivity index (χ4n) is 11.8. The van der Waals surface area contributed by atoms with Crippen LogP contribution in [0.4, 0.5) is 14.4 Å². The van der Waals surface area contributed by atoms with E-state index >= 15 is 0 Å². The predicted octanol–water partition coefficient (Wildman–Crippen LogP) is 16.7. The van der Waals surface area contributed by atoms with Gasteiger partial charge in [0.15, 0.2) is 0 Å². The van der Waals surface area contributed by atoms with Crippen molar-refractivity contribution in [3.05, 3.63) is 287 Å². The van der Waals surface area contributed by atoms with E-state index in [9.17, 15) is 14.4 Å². The molecule has 8 aromatic carbocycles. The number of carbonyl (C=O) groups is 3. The van der Waals surface area contributed by atoms with E-state index in [2.05, 4.69) is 235 Å². The van der Waals surface area contributed by atoms with Crippen molar-refractivity contribution in [1.82, 2.24) is 31.9 Å². The van der Waals surface area contributed by atoms with Gasteiger partial charge in [0.05, 0.1) is 0 Å². The number of alkyl carbamates (subject to hydrolysis) is 3. The number of hydrogen-bond acceptors (Lipinski definition) is 12. The van der Waals surface area contributed by atoms with Crippen LogP contribution in [0, 0.1) is 17.8 Å². The Morgan fingerprint density at radius 1 is 0.330 bits per heavy atom. The van der Waals surface area contributed by atoms with Crippen molar-refractivity contribution in [3.63, 3.8) is 0 Å². The van der Waals surface area contributed by atoms with E-state index in [0.29, 0.717) is 81.8 Å². The number of hydrogen-bond donors (Lipinski definition) is 9. The third-order valence-electron chi connectivity index (χ3n) is 18.4. The number of benzene rings is 8. The first-order valence-corrected chi connectivity index (χ1v) is 39.0. The zero-order valence-electron chi connectivity index (χ0n) is 64.7. The number of amides is 3. The van der Waals surface area contributed by atoms with Gasteiger partial charge in [-0.05, 0) is 212 Å². The summed E-state index contributed by atoms with van der Waals surface area (Å²) in [5.41, 5.74) is 27.1. The third-order valence-corrected chi connectivity index (χ3v) is 18.4. The largest absolute Gasteiger partial charge is 0.445 e. The second kappa shape index (κ2) is 54.9. The average molecular weight is 1450 g/mol. The normalized spacial score (nSPS) is 12.2. The van der Waals surface area contributed by atoms with Crippen LogP contribution < -0.4 is 49.1 Å². The lowest BCUT2D eigenvalue weighted by atomic mass is 9.98. The molecule has 8 rings (SSSR count). The minimum absolute atomic E-state index is 0.144. The molecule has 0 radical (unpaired) electrons. The molecule has 0 spiro atoms. The van der Waals surface area contributed by atoms with Crippen LogP contribution in [0.2, 0.25) is 0 Å². The second-order valence-electron chi connectivity index (χ2n) is 29.1. The topological polar surface area (TPSA) is 229 Å². The van der Waals surface area contributed by atoms with Crippen molar-refractivity contribution >= 4 is 18.3 Å². The lowest BCUT2D eigenvalue weighted by molar-refractivity contribution is 0.0525. The van der Waals surface area contributed by atoms with Gasteiger partial charge in [-0.2, -0.15) is 0 Å². The zero-order chi connectivity index (χ0) is 75.9. The van der Waals surface area contributed by atoms with E-state index < -0.39 is 5.60 Å².